The van der Waals surface area contributed by atoms with Crippen molar-refractivity contribution >= 4 is 19.8 Å². The number of carbonyl (C=O) groups is 2. The zero-order valence-electron chi connectivity index (χ0n) is 35.7. The first-order valence-corrected chi connectivity index (χ1v) is 24.3. The Morgan fingerprint density at radius 3 is 1.45 bits per heavy atom. The number of phosphoric ester groups is 1. The maximum Gasteiger partial charge on any atom is 0.472 e. The van der Waals surface area contributed by atoms with Gasteiger partial charge < -0.3 is 20.1 Å². The summed E-state index contributed by atoms with van der Waals surface area (Å²) >= 11 is 0. The van der Waals surface area contributed by atoms with Gasteiger partial charge in [-0.25, -0.2) is 4.57 Å². The fourth-order valence-corrected chi connectivity index (χ4v) is 7.22. The lowest BCUT2D eigenvalue weighted by atomic mass is 10.0. The van der Waals surface area contributed by atoms with Crippen LogP contribution in [0.25, 0.3) is 0 Å². The lowest BCUT2D eigenvalue weighted by molar-refractivity contribution is -0.161. The number of nitrogens with two attached hydrogens (primary N) is 1. The molecule has 0 amide bonds. The number of hydrogen-bond acceptors (Lipinski definition) is 8. The maximum absolute atomic E-state index is 12.5. The fraction of sp³-hybridized carbons (Fsp3) is 0.867. The highest BCUT2D eigenvalue weighted by atomic mass is 31.2. The van der Waals surface area contributed by atoms with E-state index in [2.05, 4.69) is 26.0 Å². The first-order chi connectivity index (χ1) is 26.8. The van der Waals surface area contributed by atoms with Crippen molar-refractivity contribution in [3.63, 3.8) is 0 Å². The van der Waals surface area contributed by atoms with Gasteiger partial charge in [0.15, 0.2) is 6.10 Å². The standard InChI is InChI=1S/C45H86NO8P/c1-3-5-7-9-11-13-15-17-19-20-21-22-24-25-27-29-31-33-35-37-44(47)51-41-43(42-53-55(49,50)52-40-39-46)54-45(48)38-36-34-32-30-28-26-23-18-16-14-12-10-8-6-4-2/h26,28,32,34,43H,3-25,27,29-31,33,35-42,46H2,1-2H3,(H,49,50)/b28-26-,34-32-. The molecule has 0 aliphatic rings. The highest BCUT2D eigenvalue weighted by molar-refractivity contribution is 7.47. The Bertz CT molecular complexity index is 959. The summed E-state index contributed by atoms with van der Waals surface area (Å²) in [6.45, 7) is 3.70. The molecule has 0 fully saturated rings. The molecule has 0 saturated heterocycles. The summed E-state index contributed by atoms with van der Waals surface area (Å²) in [7, 11) is -4.39. The molecule has 0 aromatic heterocycles. The average molecular weight is 800 g/mol. The summed E-state index contributed by atoms with van der Waals surface area (Å²) in [5.74, 6) is -0.896. The third-order valence-corrected chi connectivity index (χ3v) is 10.8. The van der Waals surface area contributed by atoms with Crippen LogP contribution in [0, 0.1) is 0 Å². The van der Waals surface area contributed by atoms with Crippen molar-refractivity contribution in [2.75, 3.05) is 26.4 Å². The zero-order chi connectivity index (χ0) is 40.3. The molecule has 0 aromatic carbocycles. The summed E-state index contributed by atoms with van der Waals surface area (Å²) in [5, 5.41) is 0. The SMILES string of the molecule is CCCCCCCCCC/C=C\C/C=C\CCC(=O)OC(COC(=O)CCCCCCCCCCCCCCCCCCCCC)COP(=O)(O)OCCN. The predicted molar refractivity (Wildman–Crippen MR) is 229 cm³/mol. The Balaban J connectivity index is 4.13. The molecule has 2 unspecified atom stereocenters. The molecule has 0 saturated carbocycles. The Labute approximate surface area is 338 Å². The van der Waals surface area contributed by atoms with Crippen molar-refractivity contribution in [2.45, 2.75) is 225 Å². The van der Waals surface area contributed by atoms with Gasteiger partial charge in [0.2, 0.25) is 0 Å². The van der Waals surface area contributed by atoms with E-state index >= 15 is 0 Å². The molecule has 324 valence electrons. The van der Waals surface area contributed by atoms with E-state index in [4.69, 9.17) is 24.3 Å². The van der Waals surface area contributed by atoms with Crippen LogP contribution >= 0.6 is 7.82 Å². The van der Waals surface area contributed by atoms with Crippen LogP contribution in [0.2, 0.25) is 0 Å². The second kappa shape index (κ2) is 42.1. The molecule has 0 spiro atoms. The van der Waals surface area contributed by atoms with Crippen molar-refractivity contribution < 1.29 is 37.6 Å². The van der Waals surface area contributed by atoms with Gasteiger partial charge in [0.05, 0.1) is 13.2 Å². The number of hydrogen-bond donors (Lipinski definition) is 2. The highest BCUT2D eigenvalue weighted by Gasteiger charge is 2.25. The number of unbranched alkanes of at least 4 members (excludes halogenated alkanes) is 26. The number of phosphoric acid groups is 1. The first-order valence-electron chi connectivity index (χ1n) is 22.8. The summed E-state index contributed by atoms with van der Waals surface area (Å²) in [6, 6.07) is 0. The van der Waals surface area contributed by atoms with Gasteiger partial charge in [0.1, 0.15) is 6.61 Å². The molecular formula is C45H86NO8P. The van der Waals surface area contributed by atoms with Gasteiger partial charge in [-0.05, 0) is 32.1 Å². The number of allylic oxidation sites excluding steroid dienone is 4. The smallest absolute Gasteiger partial charge is 0.462 e. The Morgan fingerprint density at radius 1 is 0.545 bits per heavy atom. The van der Waals surface area contributed by atoms with E-state index in [1.807, 2.05) is 12.2 Å². The third-order valence-electron chi connectivity index (χ3n) is 9.85. The van der Waals surface area contributed by atoms with E-state index in [1.54, 1.807) is 0 Å². The van der Waals surface area contributed by atoms with E-state index in [9.17, 15) is 19.0 Å². The Hall–Kier alpha value is -1.51. The van der Waals surface area contributed by atoms with Gasteiger partial charge in [0.25, 0.3) is 0 Å². The second-order valence-electron chi connectivity index (χ2n) is 15.3. The molecule has 0 aromatic rings. The Kier molecular flexibility index (Phi) is 40.9. The minimum Gasteiger partial charge on any atom is -0.462 e. The van der Waals surface area contributed by atoms with E-state index in [0.717, 1.165) is 32.1 Å². The molecule has 10 heteroatoms. The molecule has 0 heterocycles. The number of rotatable bonds is 43. The van der Waals surface area contributed by atoms with Gasteiger partial charge in [0, 0.05) is 19.4 Å². The lowest BCUT2D eigenvalue weighted by Crippen LogP contribution is -2.29. The van der Waals surface area contributed by atoms with Gasteiger partial charge in [-0.1, -0.05) is 199 Å². The normalized spacial score (nSPS) is 13.5. The average Bonchev–Trinajstić information content (AvgIpc) is 3.17. The molecule has 0 aliphatic heterocycles. The number of carbonyl (C=O) groups excluding carboxylic acids is 2. The van der Waals surface area contributed by atoms with E-state index in [-0.39, 0.29) is 32.6 Å². The van der Waals surface area contributed by atoms with E-state index < -0.39 is 32.5 Å². The largest absolute Gasteiger partial charge is 0.472 e. The quantitative estimate of drug-likeness (QED) is 0.0267. The molecule has 0 rings (SSSR count). The highest BCUT2D eigenvalue weighted by Crippen LogP contribution is 2.43. The van der Waals surface area contributed by atoms with Crippen LogP contribution in [0.1, 0.15) is 219 Å². The minimum atomic E-state index is -4.39. The predicted octanol–water partition coefficient (Wildman–Crippen LogP) is 13.2. The number of ether oxygens (including phenoxy) is 2. The van der Waals surface area contributed by atoms with Crippen molar-refractivity contribution in [3.8, 4) is 0 Å². The molecule has 9 nitrogen and oxygen atoms in total. The number of esters is 2. The van der Waals surface area contributed by atoms with Crippen LogP contribution in [0.3, 0.4) is 0 Å². The second-order valence-corrected chi connectivity index (χ2v) is 16.7. The Morgan fingerprint density at radius 2 is 0.982 bits per heavy atom. The van der Waals surface area contributed by atoms with Gasteiger partial charge in [-0.3, -0.25) is 18.6 Å². The fourth-order valence-electron chi connectivity index (χ4n) is 6.45. The molecule has 0 bridgehead atoms. The van der Waals surface area contributed by atoms with Gasteiger partial charge in [-0.2, -0.15) is 0 Å². The maximum atomic E-state index is 12.5. The topological polar surface area (TPSA) is 134 Å². The third kappa shape index (κ3) is 41.9. The minimum absolute atomic E-state index is 0.0476. The molecule has 0 radical (unpaired) electrons. The van der Waals surface area contributed by atoms with Crippen LogP contribution in [0.15, 0.2) is 24.3 Å². The molecule has 0 aliphatic carbocycles. The van der Waals surface area contributed by atoms with Crippen LogP contribution in [0.5, 0.6) is 0 Å². The van der Waals surface area contributed by atoms with E-state index in [0.29, 0.717) is 6.42 Å². The molecule has 3 N–H and O–H groups in total. The molecular weight excluding hydrogens is 713 g/mol. The van der Waals surface area contributed by atoms with Crippen molar-refractivity contribution in [3.05, 3.63) is 24.3 Å². The van der Waals surface area contributed by atoms with Gasteiger partial charge >= 0.3 is 19.8 Å². The van der Waals surface area contributed by atoms with Crippen LogP contribution in [-0.2, 0) is 32.7 Å². The van der Waals surface area contributed by atoms with Crippen LogP contribution < -0.4 is 5.73 Å². The van der Waals surface area contributed by atoms with Crippen LogP contribution in [-0.4, -0.2) is 49.3 Å². The monoisotopic (exact) mass is 800 g/mol. The first kappa shape index (κ1) is 53.5. The van der Waals surface area contributed by atoms with Crippen molar-refractivity contribution in [2.24, 2.45) is 5.73 Å². The summed E-state index contributed by atoms with van der Waals surface area (Å²) in [4.78, 5) is 34.8. The van der Waals surface area contributed by atoms with Crippen molar-refractivity contribution in [1.29, 1.82) is 0 Å². The summed E-state index contributed by atoms with van der Waals surface area (Å²) < 4.78 is 32.7. The van der Waals surface area contributed by atoms with Gasteiger partial charge in [-0.15, -0.1) is 0 Å². The molecule has 2 atom stereocenters. The summed E-state index contributed by atoms with van der Waals surface area (Å²) in [6.07, 6.45) is 45.1. The van der Waals surface area contributed by atoms with Crippen molar-refractivity contribution in [1.82, 2.24) is 0 Å². The molecule has 55 heavy (non-hydrogen) atoms. The van der Waals surface area contributed by atoms with Crippen LogP contribution in [0.4, 0.5) is 0 Å². The summed E-state index contributed by atoms with van der Waals surface area (Å²) in [5.41, 5.74) is 5.35. The lowest BCUT2D eigenvalue weighted by Gasteiger charge is -2.19. The van der Waals surface area contributed by atoms with E-state index in [1.165, 1.54) is 154 Å². The zero-order valence-corrected chi connectivity index (χ0v) is 36.6.